The average molecular weight is 628 g/mol. The molecule has 0 aromatic rings. The molecule has 0 saturated carbocycles. The number of nitrogens with one attached hydrogen (secondary N) is 3. The third kappa shape index (κ3) is 30.0. The zero-order valence-corrected chi connectivity index (χ0v) is 27.0. The van der Waals surface area contributed by atoms with Crippen LogP contribution in [0.25, 0.3) is 0 Å². The standard InChI is InChI=1S/C23H42N2O6.C9H15NO3/c1-17(16-19(3)23(31)25-15-9-5-7-11-21(28)29)12-13-18(2)22(30)24-14-8-4-6-10-20(26)27;1-2-8(11)10-7-5-3-4-6-9(12)13/h17-19H,4-16H2,1-3H3,(H,24,30)(H,25,31)(H,26,27)(H,28,29);2H,1,3-7H2,(H,10,11)(H,12,13). The van der Waals surface area contributed by atoms with E-state index >= 15 is 0 Å². The number of carboxylic acid groups (broad SMARTS) is 3. The Kier molecular flexibility index (Phi) is 27.5. The van der Waals surface area contributed by atoms with Gasteiger partial charge in [-0.25, -0.2) is 0 Å². The minimum absolute atomic E-state index is 0.0266. The molecule has 3 unspecified atom stereocenters. The van der Waals surface area contributed by atoms with E-state index in [0.717, 1.165) is 57.8 Å². The van der Waals surface area contributed by atoms with Gasteiger partial charge in [-0.2, -0.15) is 0 Å². The highest BCUT2D eigenvalue weighted by Gasteiger charge is 2.18. The number of carbonyl (C=O) groups is 6. The fourth-order valence-electron chi connectivity index (χ4n) is 4.28. The first-order chi connectivity index (χ1) is 20.8. The molecular weight excluding hydrogens is 570 g/mol. The lowest BCUT2D eigenvalue weighted by Gasteiger charge is -2.19. The van der Waals surface area contributed by atoms with Gasteiger partial charge in [-0.15, -0.1) is 0 Å². The van der Waals surface area contributed by atoms with Crippen molar-refractivity contribution < 1.29 is 44.1 Å². The molecular formula is C32H57N3O9. The summed E-state index contributed by atoms with van der Waals surface area (Å²) in [5.41, 5.74) is 0. The van der Waals surface area contributed by atoms with Crippen molar-refractivity contribution in [3.8, 4) is 0 Å². The van der Waals surface area contributed by atoms with E-state index in [4.69, 9.17) is 15.3 Å². The molecule has 0 rings (SSSR count). The molecule has 0 aromatic heterocycles. The van der Waals surface area contributed by atoms with Gasteiger partial charge in [-0.1, -0.05) is 46.6 Å². The fourth-order valence-corrected chi connectivity index (χ4v) is 4.28. The molecule has 3 atom stereocenters. The van der Waals surface area contributed by atoms with Gasteiger partial charge in [0.25, 0.3) is 0 Å². The van der Waals surface area contributed by atoms with E-state index in [1.807, 2.05) is 13.8 Å². The molecule has 44 heavy (non-hydrogen) atoms. The predicted molar refractivity (Wildman–Crippen MR) is 169 cm³/mol. The molecule has 0 radical (unpaired) electrons. The van der Waals surface area contributed by atoms with E-state index in [0.29, 0.717) is 44.8 Å². The van der Waals surface area contributed by atoms with Gasteiger partial charge in [0.05, 0.1) is 0 Å². The van der Waals surface area contributed by atoms with Gasteiger partial charge in [0, 0.05) is 50.7 Å². The zero-order chi connectivity index (χ0) is 33.8. The lowest BCUT2D eigenvalue weighted by atomic mass is 9.90. The number of rotatable bonds is 26. The number of unbranched alkanes of at least 4 members (excludes halogenated alkanes) is 6. The summed E-state index contributed by atoms with van der Waals surface area (Å²) in [6, 6.07) is 0. The summed E-state index contributed by atoms with van der Waals surface area (Å²) in [5.74, 6) is -2.31. The first-order valence-corrected chi connectivity index (χ1v) is 15.9. The van der Waals surface area contributed by atoms with Gasteiger partial charge in [0.15, 0.2) is 0 Å². The molecule has 0 spiro atoms. The Balaban J connectivity index is 0. The van der Waals surface area contributed by atoms with Gasteiger partial charge in [-0.05, 0) is 69.8 Å². The Bertz CT molecular complexity index is 864. The van der Waals surface area contributed by atoms with Crippen LogP contribution in [-0.4, -0.2) is 70.6 Å². The SMILES string of the molecule is C=CC(=O)NCCCCCC(=O)O.CC(CCC(C)C(=O)NCCCCCC(=O)O)CC(C)C(=O)NCCCCCC(=O)O. The van der Waals surface area contributed by atoms with Crippen molar-refractivity contribution in [3.63, 3.8) is 0 Å². The van der Waals surface area contributed by atoms with Gasteiger partial charge < -0.3 is 31.3 Å². The molecule has 0 aliphatic carbocycles. The van der Waals surface area contributed by atoms with E-state index in [-0.39, 0.29) is 48.8 Å². The molecule has 254 valence electrons. The number of hydrogen-bond donors (Lipinski definition) is 6. The minimum atomic E-state index is -0.786. The van der Waals surface area contributed by atoms with Crippen LogP contribution in [0.2, 0.25) is 0 Å². The van der Waals surface area contributed by atoms with Crippen LogP contribution >= 0.6 is 0 Å². The number of carboxylic acids is 3. The molecule has 0 aliphatic rings. The Morgan fingerprint density at radius 1 is 0.568 bits per heavy atom. The topological polar surface area (TPSA) is 199 Å². The van der Waals surface area contributed by atoms with Gasteiger partial charge in [0.1, 0.15) is 0 Å². The summed E-state index contributed by atoms with van der Waals surface area (Å²) in [4.78, 5) is 66.0. The number of amides is 3. The molecule has 12 nitrogen and oxygen atoms in total. The van der Waals surface area contributed by atoms with Crippen molar-refractivity contribution in [1.29, 1.82) is 0 Å². The molecule has 0 aliphatic heterocycles. The highest BCUT2D eigenvalue weighted by Crippen LogP contribution is 2.20. The summed E-state index contributed by atoms with van der Waals surface area (Å²) < 4.78 is 0. The highest BCUT2D eigenvalue weighted by molar-refractivity contribution is 5.86. The van der Waals surface area contributed by atoms with Crippen LogP contribution < -0.4 is 16.0 Å². The van der Waals surface area contributed by atoms with Crippen LogP contribution in [0.15, 0.2) is 12.7 Å². The second-order valence-electron chi connectivity index (χ2n) is 11.4. The molecule has 0 aromatic carbocycles. The summed E-state index contributed by atoms with van der Waals surface area (Å²) in [7, 11) is 0. The summed E-state index contributed by atoms with van der Waals surface area (Å²) in [6.45, 7) is 11.0. The average Bonchev–Trinajstić information content (AvgIpc) is 2.96. The van der Waals surface area contributed by atoms with Crippen molar-refractivity contribution >= 4 is 35.6 Å². The van der Waals surface area contributed by atoms with E-state index in [9.17, 15) is 28.8 Å². The normalized spacial score (nSPS) is 12.4. The van der Waals surface area contributed by atoms with Crippen molar-refractivity contribution in [2.75, 3.05) is 19.6 Å². The zero-order valence-electron chi connectivity index (χ0n) is 27.0. The molecule has 12 heteroatoms. The largest absolute Gasteiger partial charge is 0.481 e. The first kappa shape index (κ1) is 42.7. The molecule has 0 fully saturated rings. The van der Waals surface area contributed by atoms with E-state index in [2.05, 4.69) is 29.5 Å². The molecule has 6 N–H and O–H groups in total. The van der Waals surface area contributed by atoms with Gasteiger partial charge in [-0.3, -0.25) is 28.8 Å². The number of aliphatic carboxylic acids is 3. The van der Waals surface area contributed by atoms with Crippen LogP contribution in [0.5, 0.6) is 0 Å². The summed E-state index contributed by atoms with van der Waals surface area (Å²) in [5, 5.41) is 34.0. The number of hydrogen-bond acceptors (Lipinski definition) is 6. The van der Waals surface area contributed by atoms with Gasteiger partial charge >= 0.3 is 17.9 Å². The molecule has 0 saturated heterocycles. The van der Waals surface area contributed by atoms with Crippen molar-refractivity contribution in [2.45, 2.75) is 117 Å². The quantitative estimate of drug-likeness (QED) is 0.0589. The maximum atomic E-state index is 12.2. The smallest absolute Gasteiger partial charge is 0.303 e. The molecule has 0 bridgehead atoms. The third-order valence-electron chi connectivity index (χ3n) is 7.03. The fraction of sp³-hybridized carbons (Fsp3) is 0.750. The van der Waals surface area contributed by atoms with Crippen LogP contribution in [0.1, 0.15) is 117 Å². The predicted octanol–water partition coefficient (Wildman–Crippen LogP) is 4.52. The Labute approximate surface area is 262 Å². The molecule has 3 amide bonds. The molecule has 0 heterocycles. The van der Waals surface area contributed by atoms with E-state index < -0.39 is 17.9 Å². The van der Waals surface area contributed by atoms with Crippen molar-refractivity contribution in [3.05, 3.63) is 12.7 Å². The Morgan fingerprint density at radius 3 is 1.34 bits per heavy atom. The maximum absolute atomic E-state index is 12.2. The summed E-state index contributed by atoms with van der Waals surface area (Å²) in [6.07, 6.45) is 10.9. The first-order valence-electron chi connectivity index (χ1n) is 15.9. The summed E-state index contributed by atoms with van der Waals surface area (Å²) >= 11 is 0. The van der Waals surface area contributed by atoms with E-state index in [1.54, 1.807) is 0 Å². The Hall–Kier alpha value is -3.44. The van der Waals surface area contributed by atoms with Crippen molar-refractivity contribution in [1.82, 2.24) is 16.0 Å². The van der Waals surface area contributed by atoms with E-state index in [1.165, 1.54) is 6.08 Å². The van der Waals surface area contributed by atoms with Crippen LogP contribution in [-0.2, 0) is 28.8 Å². The lowest BCUT2D eigenvalue weighted by Crippen LogP contribution is -2.31. The third-order valence-corrected chi connectivity index (χ3v) is 7.03. The lowest BCUT2D eigenvalue weighted by molar-refractivity contribution is -0.138. The monoisotopic (exact) mass is 627 g/mol. The highest BCUT2D eigenvalue weighted by atomic mass is 16.4. The van der Waals surface area contributed by atoms with Gasteiger partial charge in [0.2, 0.25) is 17.7 Å². The second-order valence-corrected chi connectivity index (χ2v) is 11.4. The van der Waals surface area contributed by atoms with Crippen LogP contribution in [0, 0.1) is 17.8 Å². The minimum Gasteiger partial charge on any atom is -0.481 e. The number of carbonyl (C=O) groups excluding carboxylic acids is 3. The van der Waals surface area contributed by atoms with Crippen molar-refractivity contribution in [2.24, 2.45) is 17.8 Å². The maximum Gasteiger partial charge on any atom is 0.303 e. The van der Waals surface area contributed by atoms with Crippen LogP contribution in [0.3, 0.4) is 0 Å². The second kappa shape index (κ2) is 28.3. The Morgan fingerprint density at radius 2 is 0.955 bits per heavy atom. The van der Waals surface area contributed by atoms with Crippen LogP contribution in [0.4, 0.5) is 0 Å².